The Hall–Kier alpha value is -2.18. The van der Waals surface area contributed by atoms with E-state index in [4.69, 9.17) is 0 Å². The van der Waals surface area contributed by atoms with Crippen LogP contribution in [0.2, 0.25) is 0 Å². The smallest absolute Gasteiger partial charge is 0.241 e. The Balaban J connectivity index is 1.54. The molecule has 154 valence electrons. The Labute approximate surface area is 173 Å². The molecule has 0 N–H and O–H groups in total. The van der Waals surface area contributed by atoms with Gasteiger partial charge < -0.3 is 4.90 Å². The van der Waals surface area contributed by atoms with Crippen molar-refractivity contribution >= 4 is 21.4 Å². The molecule has 2 atom stereocenters. The van der Waals surface area contributed by atoms with Gasteiger partial charge in [0.2, 0.25) is 5.91 Å². The summed E-state index contributed by atoms with van der Waals surface area (Å²) in [5.74, 6) is 0.176. The summed E-state index contributed by atoms with van der Waals surface area (Å²) in [6.07, 6.45) is 1.83. The van der Waals surface area contributed by atoms with Crippen molar-refractivity contribution in [2.75, 3.05) is 29.5 Å². The molecular weight excluding hydrogens is 384 g/mol. The Kier molecular flexibility index (Phi) is 5.49. The van der Waals surface area contributed by atoms with Crippen LogP contribution in [-0.2, 0) is 21.1 Å². The van der Waals surface area contributed by atoms with Gasteiger partial charge in [-0.15, -0.1) is 0 Å². The molecule has 0 bridgehead atoms. The van der Waals surface area contributed by atoms with E-state index >= 15 is 0 Å². The van der Waals surface area contributed by atoms with Gasteiger partial charge in [0.25, 0.3) is 0 Å². The number of piperazine rings is 1. The van der Waals surface area contributed by atoms with Gasteiger partial charge in [0.1, 0.15) is 0 Å². The highest BCUT2D eigenvalue weighted by atomic mass is 32.2. The van der Waals surface area contributed by atoms with Crippen LogP contribution in [0.5, 0.6) is 0 Å². The quantitative estimate of drug-likeness (QED) is 0.758. The summed E-state index contributed by atoms with van der Waals surface area (Å²) in [6.45, 7) is 5.07. The molecule has 2 aliphatic heterocycles. The fraction of sp³-hybridized carbons (Fsp3) is 0.435. The number of amides is 1. The number of benzene rings is 2. The SMILES string of the molecule is Cc1ccc(N2C(=O)CN(CCCc3ccccc3)[C@H]3CS(=O)(=O)C[C@H]32)cc1C. The van der Waals surface area contributed by atoms with Crippen LogP contribution in [0.3, 0.4) is 0 Å². The van der Waals surface area contributed by atoms with E-state index in [1.807, 2.05) is 50.2 Å². The second-order valence-electron chi connectivity index (χ2n) is 8.30. The molecule has 2 heterocycles. The molecule has 0 spiro atoms. The Morgan fingerprint density at radius 1 is 0.966 bits per heavy atom. The molecule has 4 rings (SSSR count). The van der Waals surface area contributed by atoms with E-state index in [1.54, 1.807) is 4.90 Å². The number of sulfone groups is 1. The van der Waals surface area contributed by atoms with E-state index in [0.717, 1.165) is 36.2 Å². The molecular formula is C23H28N2O3S. The molecule has 29 heavy (non-hydrogen) atoms. The zero-order valence-corrected chi connectivity index (χ0v) is 17.9. The van der Waals surface area contributed by atoms with Crippen LogP contribution < -0.4 is 4.90 Å². The standard InChI is InChI=1S/C23H28N2O3S/c1-17-10-11-20(13-18(17)2)25-22-16-29(27,28)15-21(22)24(14-23(25)26)12-6-9-19-7-4-3-5-8-19/h3-5,7-8,10-11,13,21-22H,6,9,12,14-16H2,1-2H3/t21-,22+/m0/s1. The van der Waals surface area contributed by atoms with Crippen molar-refractivity contribution in [2.24, 2.45) is 0 Å². The topological polar surface area (TPSA) is 57.7 Å². The number of carbonyl (C=O) groups excluding carboxylic acids is 1. The molecule has 2 aromatic carbocycles. The van der Waals surface area contributed by atoms with Crippen LogP contribution in [0, 0.1) is 13.8 Å². The van der Waals surface area contributed by atoms with Crippen LogP contribution in [0.15, 0.2) is 48.5 Å². The minimum atomic E-state index is -3.16. The molecule has 0 unspecified atom stereocenters. The number of anilines is 1. The minimum absolute atomic E-state index is 0.00804. The lowest BCUT2D eigenvalue weighted by Crippen LogP contribution is -2.62. The highest BCUT2D eigenvalue weighted by Crippen LogP contribution is 2.32. The maximum absolute atomic E-state index is 13.1. The lowest BCUT2D eigenvalue weighted by Gasteiger charge is -2.43. The van der Waals surface area contributed by atoms with Crippen LogP contribution >= 0.6 is 0 Å². The van der Waals surface area contributed by atoms with Crippen LogP contribution in [0.25, 0.3) is 0 Å². The first-order valence-electron chi connectivity index (χ1n) is 10.2. The molecule has 0 radical (unpaired) electrons. The molecule has 5 nitrogen and oxygen atoms in total. The normalized spacial score (nSPS) is 23.9. The number of rotatable bonds is 5. The molecule has 2 fully saturated rings. The zero-order valence-electron chi connectivity index (χ0n) is 17.0. The predicted molar refractivity (Wildman–Crippen MR) is 116 cm³/mol. The fourth-order valence-corrected chi connectivity index (χ4v) is 6.53. The lowest BCUT2D eigenvalue weighted by atomic mass is 10.0. The highest BCUT2D eigenvalue weighted by Gasteiger charge is 2.49. The summed E-state index contributed by atoms with van der Waals surface area (Å²) >= 11 is 0. The third-order valence-corrected chi connectivity index (χ3v) is 7.92. The van der Waals surface area contributed by atoms with Crippen molar-refractivity contribution in [3.63, 3.8) is 0 Å². The number of nitrogens with zero attached hydrogens (tertiary/aromatic N) is 2. The summed E-state index contributed by atoms with van der Waals surface area (Å²) in [5, 5.41) is 0. The number of hydrogen-bond acceptors (Lipinski definition) is 4. The van der Waals surface area contributed by atoms with Gasteiger partial charge in [0.05, 0.1) is 24.1 Å². The van der Waals surface area contributed by atoms with E-state index in [-0.39, 0.29) is 36.0 Å². The highest BCUT2D eigenvalue weighted by molar-refractivity contribution is 7.91. The minimum Gasteiger partial charge on any atom is -0.306 e. The first-order chi connectivity index (χ1) is 13.8. The average molecular weight is 413 g/mol. The van der Waals surface area contributed by atoms with Crippen molar-refractivity contribution in [1.29, 1.82) is 0 Å². The summed E-state index contributed by atoms with van der Waals surface area (Å²) in [7, 11) is -3.16. The van der Waals surface area contributed by atoms with Gasteiger partial charge in [0.15, 0.2) is 9.84 Å². The van der Waals surface area contributed by atoms with Gasteiger partial charge in [-0.05, 0) is 62.1 Å². The molecule has 0 aromatic heterocycles. The summed E-state index contributed by atoms with van der Waals surface area (Å²) in [4.78, 5) is 16.9. The Morgan fingerprint density at radius 3 is 2.41 bits per heavy atom. The molecule has 1 amide bonds. The zero-order chi connectivity index (χ0) is 20.6. The predicted octanol–water partition coefficient (Wildman–Crippen LogP) is 2.75. The molecule has 6 heteroatoms. The van der Waals surface area contributed by atoms with Crippen molar-refractivity contribution in [2.45, 2.75) is 38.8 Å². The second-order valence-corrected chi connectivity index (χ2v) is 10.5. The van der Waals surface area contributed by atoms with Gasteiger partial charge >= 0.3 is 0 Å². The van der Waals surface area contributed by atoms with Crippen molar-refractivity contribution in [3.05, 3.63) is 65.2 Å². The first kappa shape index (κ1) is 20.1. The van der Waals surface area contributed by atoms with Gasteiger partial charge in [-0.1, -0.05) is 36.4 Å². The van der Waals surface area contributed by atoms with Crippen molar-refractivity contribution in [3.8, 4) is 0 Å². The van der Waals surface area contributed by atoms with Crippen LogP contribution in [0.4, 0.5) is 5.69 Å². The summed E-state index contributed by atoms with van der Waals surface area (Å²) in [6, 6.07) is 15.8. The molecule has 2 saturated heterocycles. The Bertz CT molecular complexity index is 1000. The summed E-state index contributed by atoms with van der Waals surface area (Å²) in [5.41, 5.74) is 4.35. The maximum Gasteiger partial charge on any atom is 0.241 e. The average Bonchev–Trinajstić information content (AvgIpc) is 3.00. The molecule has 2 aromatic rings. The van der Waals surface area contributed by atoms with E-state index < -0.39 is 9.84 Å². The van der Waals surface area contributed by atoms with Crippen LogP contribution in [-0.4, -0.2) is 55.9 Å². The number of hydrogen-bond donors (Lipinski definition) is 0. The van der Waals surface area contributed by atoms with Gasteiger partial charge in [-0.25, -0.2) is 8.42 Å². The van der Waals surface area contributed by atoms with Crippen molar-refractivity contribution in [1.82, 2.24) is 4.90 Å². The largest absolute Gasteiger partial charge is 0.306 e. The summed E-state index contributed by atoms with van der Waals surface area (Å²) < 4.78 is 25.0. The number of carbonyl (C=O) groups is 1. The van der Waals surface area contributed by atoms with E-state index in [0.29, 0.717) is 0 Å². The Morgan fingerprint density at radius 2 is 1.69 bits per heavy atom. The molecule has 0 aliphatic carbocycles. The lowest BCUT2D eigenvalue weighted by molar-refractivity contribution is -0.123. The maximum atomic E-state index is 13.1. The van der Waals surface area contributed by atoms with Crippen molar-refractivity contribution < 1.29 is 13.2 Å². The van der Waals surface area contributed by atoms with E-state index in [1.165, 1.54) is 5.56 Å². The van der Waals surface area contributed by atoms with E-state index in [9.17, 15) is 13.2 Å². The van der Waals surface area contributed by atoms with Gasteiger partial charge in [-0.3, -0.25) is 9.69 Å². The third kappa shape index (κ3) is 4.23. The third-order valence-electron chi connectivity index (χ3n) is 6.22. The van der Waals surface area contributed by atoms with Crippen LogP contribution in [0.1, 0.15) is 23.1 Å². The van der Waals surface area contributed by atoms with Gasteiger partial charge in [-0.2, -0.15) is 0 Å². The molecule has 0 saturated carbocycles. The van der Waals surface area contributed by atoms with E-state index in [2.05, 4.69) is 17.0 Å². The monoisotopic (exact) mass is 412 g/mol. The molecule has 2 aliphatic rings. The first-order valence-corrected chi connectivity index (χ1v) is 12.0. The second kappa shape index (κ2) is 7.92. The van der Waals surface area contributed by atoms with Gasteiger partial charge in [0, 0.05) is 11.7 Å². The fourth-order valence-electron chi connectivity index (χ4n) is 4.54. The number of aryl methyl sites for hydroxylation is 3. The number of fused-ring (bicyclic) bond motifs is 1.